The summed E-state index contributed by atoms with van der Waals surface area (Å²) in [6, 6.07) is 0. The molecule has 1 amide bonds. The molecule has 2 rings (SSSR count). The highest BCUT2D eigenvalue weighted by Crippen LogP contribution is 2.14. The van der Waals surface area contributed by atoms with Crippen LogP contribution < -0.4 is 5.32 Å². The maximum absolute atomic E-state index is 11.6. The number of carbonyl (C=O) groups is 1. The predicted octanol–water partition coefficient (Wildman–Crippen LogP) is 1.36. The minimum Gasteiger partial charge on any atom is -0.368 e. The maximum atomic E-state index is 11.6. The van der Waals surface area contributed by atoms with Crippen LogP contribution in [0.3, 0.4) is 0 Å². The van der Waals surface area contributed by atoms with Gasteiger partial charge in [-0.2, -0.15) is 0 Å². The van der Waals surface area contributed by atoms with Crippen molar-refractivity contribution >= 4 is 27.7 Å². The first-order valence-electron chi connectivity index (χ1n) is 4.66. The molecule has 0 bridgehead atoms. The van der Waals surface area contributed by atoms with Gasteiger partial charge in [0.25, 0.3) is 5.91 Å². The van der Waals surface area contributed by atoms with E-state index in [1.807, 2.05) is 0 Å². The molecule has 0 aliphatic carbocycles. The smallest absolute Gasteiger partial charge is 0.254 e. The van der Waals surface area contributed by atoms with Gasteiger partial charge in [-0.15, -0.1) is 0 Å². The quantitative estimate of drug-likeness (QED) is 0.882. The van der Waals surface area contributed by atoms with E-state index in [-0.39, 0.29) is 12.0 Å². The fourth-order valence-electron chi connectivity index (χ4n) is 1.37. The number of ether oxygens (including phenoxy) is 1. The van der Waals surface area contributed by atoms with Crippen molar-refractivity contribution in [1.29, 1.82) is 0 Å². The molecular weight excluding hydrogens is 262 g/mol. The van der Waals surface area contributed by atoms with Gasteiger partial charge in [-0.1, -0.05) is 0 Å². The lowest BCUT2D eigenvalue weighted by atomic mass is 10.2. The maximum Gasteiger partial charge on any atom is 0.254 e. The molecule has 15 heavy (non-hydrogen) atoms. The van der Waals surface area contributed by atoms with Crippen molar-refractivity contribution in [3.63, 3.8) is 0 Å². The van der Waals surface area contributed by atoms with E-state index in [2.05, 4.69) is 31.2 Å². The highest BCUT2D eigenvalue weighted by molar-refractivity contribution is 9.10. The highest BCUT2D eigenvalue weighted by Gasteiger charge is 2.23. The number of halogens is 1. The first-order valence-corrected chi connectivity index (χ1v) is 5.45. The summed E-state index contributed by atoms with van der Waals surface area (Å²) >= 11 is 3.17. The van der Waals surface area contributed by atoms with Crippen LogP contribution in [0.15, 0.2) is 17.0 Å². The molecule has 0 spiro atoms. The Hall–Kier alpha value is -1.01. The second-order valence-electron chi connectivity index (χ2n) is 3.22. The summed E-state index contributed by atoms with van der Waals surface area (Å²) < 4.78 is 5.88. The third-order valence-corrected chi connectivity index (χ3v) is 2.50. The van der Waals surface area contributed by atoms with E-state index in [1.165, 1.54) is 12.4 Å². The highest BCUT2D eigenvalue weighted by atomic mass is 79.9. The number of hydrogen-bond donors (Lipinski definition) is 1. The van der Waals surface area contributed by atoms with Gasteiger partial charge in [0, 0.05) is 6.61 Å². The van der Waals surface area contributed by atoms with Crippen LogP contribution in [0.25, 0.3) is 0 Å². The van der Waals surface area contributed by atoms with E-state index >= 15 is 0 Å². The van der Waals surface area contributed by atoms with Gasteiger partial charge in [-0.3, -0.25) is 4.79 Å². The van der Waals surface area contributed by atoms with E-state index in [9.17, 15) is 4.79 Å². The van der Waals surface area contributed by atoms with Crippen LogP contribution >= 0.6 is 15.9 Å². The number of nitrogens with zero attached hydrogens (tertiary/aromatic N) is 2. The van der Waals surface area contributed by atoms with E-state index in [4.69, 9.17) is 4.74 Å². The second-order valence-corrected chi connectivity index (χ2v) is 4.03. The molecule has 80 valence electrons. The van der Waals surface area contributed by atoms with Crippen molar-refractivity contribution in [2.24, 2.45) is 0 Å². The number of amides is 1. The monoisotopic (exact) mass is 271 g/mol. The zero-order chi connectivity index (χ0) is 10.7. The Balaban J connectivity index is 1.96. The van der Waals surface area contributed by atoms with Crippen molar-refractivity contribution in [1.82, 2.24) is 9.97 Å². The summed E-state index contributed by atoms with van der Waals surface area (Å²) in [6.07, 6.45) is 4.40. The Morgan fingerprint density at radius 3 is 3.00 bits per heavy atom. The van der Waals surface area contributed by atoms with Crippen LogP contribution in [0.5, 0.6) is 0 Å². The molecule has 1 atom stereocenters. The van der Waals surface area contributed by atoms with Crippen molar-refractivity contribution < 1.29 is 9.53 Å². The molecule has 1 fully saturated rings. The fraction of sp³-hybridized carbons (Fsp3) is 0.444. The van der Waals surface area contributed by atoms with Crippen LogP contribution in [0, 0.1) is 0 Å². The van der Waals surface area contributed by atoms with E-state index < -0.39 is 0 Å². The van der Waals surface area contributed by atoms with E-state index in [0.29, 0.717) is 17.0 Å². The zero-order valence-corrected chi connectivity index (χ0v) is 9.53. The van der Waals surface area contributed by atoms with Crippen LogP contribution in [0.1, 0.15) is 12.8 Å². The Kier molecular flexibility index (Phi) is 3.27. The van der Waals surface area contributed by atoms with Crippen molar-refractivity contribution in [3.05, 3.63) is 17.0 Å². The number of carbonyl (C=O) groups excluding carboxylic acids is 1. The molecule has 1 aliphatic heterocycles. The van der Waals surface area contributed by atoms with Gasteiger partial charge in [-0.25, -0.2) is 9.97 Å². The van der Waals surface area contributed by atoms with Crippen LogP contribution in [-0.2, 0) is 9.53 Å². The van der Waals surface area contributed by atoms with Crippen molar-refractivity contribution in [3.8, 4) is 0 Å². The summed E-state index contributed by atoms with van der Waals surface area (Å²) in [5, 5.41) is 2.65. The molecule has 1 N–H and O–H groups in total. The number of anilines is 1. The van der Waals surface area contributed by atoms with Gasteiger partial charge in [0.1, 0.15) is 10.7 Å². The average Bonchev–Trinajstić information content (AvgIpc) is 2.74. The third-order valence-electron chi connectivity index (χ3n) is 2.09. The molecule has 1 saturated heterocycles. The SMILES string of the molecule is O=C(Nc1cnc(Br)cn1)C1CCCO1. The molecule has 1 aromatic heterocycles. The molecule has 0 aromatic carbocycles. The lowest BCUT2D eigenvalue weighted by molar-refractivity contribution is -0.124. The summed E-state index contributed by atoms with van der Waals surface area (Å²) in [5.74, 6) is 0.294. The van der Waals surface area contributed by atoms with Gasteiger partial charge in [-0.05, 0) is 28.8 Å². The fourth-order valence-corrected chi connectivity index (χ4v) is 1.57. The van der Waals surface area contributed by atoms with Gasteiger partial charge < -0.3 is 10.1 Å². The molecule has 2 heterocycles. The summed E-state index contributed by atoms with van der Waals surface area (Å²) in [7, 11) is 0. The largest absolute Gasteiger partial charge is 0.368 e. The van der Waals surface area contributed by atoms with E-state index in [1.54, 1.807) is 0 Å². The molecule has 0 radical (unpaired) electrons. The minimum absolute atomic E-state index is 0.149. The average molecular weight is 272 g/mol. The standard InChI is InChI=1S/C9H10BrN3O2/c10-7-4-12-8(5-11-7)13-9(14)6-2-1-3-15-6/h4-6H,1-3H2,(H,12,13,14). The summed E-state index contributed by atoms with van der Waals surface area (Å²) in [6.45, 7) is 0.657. The lowest BCUT2D eigenvalue weighted by Crippen LogP contribution is -2.27. The van der Waals surface area contributed by atoms with Crippen molar-refractivity contribution in [2.45, 2.75) is 18.9 Å². The number of aromatic nitrogens is 2. The Bertz CT molecular complexity index is 349. The topological polar surface area (TPSA) is 64.1 Å². The molecule has 1 aromatic rings. The molecule has 0 saturated carbocycles. The molecule has 1 unspecified atom stereocenters. The van der Waals surface area contributed by atoms with Gasteiger partial charge in [0.15, 0.2) is 5.82 Å². The van der Waals surface area contributed by atoms with Gasteiger partial charge in [0.2, 0.25) is 0 Å². The first-order chi connectivity index (χ1) is 7.25. The molecule has 5 nitrogen and oxygen atoms in total. The molecule has 1 aliphatic rings. The summed E-state index contributed by atoms with van der Waals surface area (Å²) in [5.41, 5.74) is 0. The normalized spacial score (nSPS) is 20.2. The molecule has 6 heteroatoms. The van der Waals surface area contributed by atoms with Crippen LogP contribution in [0.4, 0.5) is 5.82 Å². The lowest BCUT2D eigenvalue weighted by Gasteiger charge is -2.08. The van der Waals surface area contributed by atoms with Gasteiger partial charge >= 0.3 is 0 Å². The van der Waals surface area contributed by atoms with Crippen LogP contribution in [-0.4, -0.2) is 28.6 Å². The zero-order valence-electron chi connectivity index (χ0n) is 7.94. The Labute approximate surface area is 95.4 Å². The Morgan fingerprint density at radius 1 is 1.53 bits per heavy atom. The van der Waals surface area contributed by atoms with Crippen LogP contribution in [0.2, 0.25) is 0 Å². The Morgan fingerprint density at radius 2 is 2.40 bits per heavy atom. The van der Waals surface area contributed by atoms with E-state index in [0.717, 1.165) is 12.8 Å². The van der Waals surface area contributed by atoms with Crippen molar-refractivity contribution in [2.75, 3.05) is 11.9 Å². The molecular formula is C9H10BrN3O2. The second kappa shape index (κ2) is 4.67. The summed E-state index contributed by atoms with van der Waals surface area (Å²) in [4.78, 5) is 19.5. The predicted molar refractivity (Wildman–Crippen MR) is 57.3 cm³/mol. The first kappa shape index (κ1) is 10.5. The number of hydrogen-bond acceptors (Lipinski definition) is 4. The third kappa shape index (κ3) is 2.73. The number of rotatable bonds is 2. The minimum atomic E-state index is -0.338. The number of nitrogens with one attached hydrogen (secondary N) is 1. The van der Waals surface area contributed by atoms with Gasteiger partial charge in [0.05, 0.1) is 12.4 Å².